The molecule has 1 amide bonds. The van der Waals surface area contributed by atoms with Gasteiger partial charge in [-0.25, -0.2) is 0 Å². The first-order chi connectivity index (χ1) is 12.9. The van der Waals surface area contributed by atoms with Crippen molar-refractivity contribution in [2.24, 2.45) is 5.73 Å². The van der Waals surface area contributed by atoms with Gasteiger partial charge in [-0.3, -0.25) is 14.2 Å². The Kier molecular flexibility index (Phi) is 5.63. The number of rotatable bonds is 5. The molecule has 0 fully saturated rings. The molecule has 0 unspecified atom stereocenters. The second-order valence-electron chi connectivity index (χ2n) is 6.55. The second kappa shape index (κ2) is 7.94. The molecule has 1 aromatic heterocycles. The Hall–Kier alpha value is -2.63. The van der Waals surface area contributed by atoms with Gasteiger partial charge in [-0.05, 0) is 55.8 Å². The molecule has 0 aliphatic heterocycles. The van der Waals surface area contributed by atoms with Crippen LogP contribution in [0.5, 0.6) is 0 Å². The van der Waals surface area contributed by atoms with Crippen LogP contribution in [0.15, 0.2) is 42.5 Å². The van der Waals surface area contributed by atoms with E-state index in [-0.39, 0.29) is 18.2 Å². The van der Waals surface area contributed by atoms with Crippen molar-refractivity contribution in [1.29, 1.82) is 0 Å². The Balaban J connectivity index is 2.10. The molecule has 0 aliphatic rings. The molecule has 140 valence electrons. The van der Waals surface area contributed by atoms with E-state index in [4.69, 9.17) is 17.3 Å². The van der Waals surface area contributed by atoms with Crippen molar-refractivity contribution in [1.82, 2.24) is 9.88 Å². The van der Waals surface area contributed by atoms with Crippen LogP contribution in [0.2, 0.25) is 5.02 Å². The number of nitrogens with zero attached hydrogens (tertiary/aromatic N) is 1. The zero-order valence-corrected chi connectivity index (χ0v) is 16.1. The van der Waals surface area contributed by atoms with E-state index in [9.17, 15) is 9.59 Å². The summed E-state index contributed by atoms with van der Waals surface area (Å²) in [4.78, 5) is 25.4. The summed E-state index contributed by atoms with van der Waals surface area (Å²) in [6.45, 7) is 4.68. The zero-order valence-electron chi connectivity index (χ0n) is 15.4. The minimum absolute atomic E-state index is 0.108. The summed E-state index contributed by atoms with van der Waals surface area (Å²) in [6, 6.07) is 12.7. The van der Waals surface area contributed by atoms with E-state index < -0.39 is 0 Å². The molecule has 27 heavy (non-hydrogen) atoms. The van der Waals surface area contributed by atoms with Crippen molar-refractivity contribution in [3.63, 3.8) is 0 Å². The summed E-state index contributed by atoms with van der Waals surface area (Å²) in [5.74, 6) is -0.255. The molecule has 0 aliphatic carbocycles. The van der Waals surface area contributed by atoms with Gasteiger partial charge in [0.25, 0.3) is 5.91 Å². The van der Waals surface area contributed by atoms with Crippen LogP contribution in [0.25, 0.3) is 10.9 Å². The van der Waals surface area contributed by atoms with Crippen LogP contribution in [-0.4, -0.2) is 29.5 Å². The first kappa shape index (κ1) is 19.1. The molecule has 0 radical (unpaired) electrons. The van der Waals surface area contributed by atoms with Crippen LogP contribution in [0.4, 0.5) is 0 Å². The van der Waals surface area contributed by atoms with Crippen LogP contribution in [-0.2, 0) is 11.2 Å². The minimum Gasteiger partial charge on any atom is -0.355 e. The molecule has 3 aromatic rings. The Bertz CT molecular complexity index is 1010. The standard InChI is InChI=1S/C21H22ClN3O2/c1-13-3-8-19-18(11-13)17(12-20(26)24-10-9-23)14(2)25(19)21(27)15-4-6-16(22)7-5-15/h3-8,11H,9-10,12,23H2,1-2H3,(H,24,26). The van der Waals surface area contributed by atoms with Crippen molar-refractivity contribution in [3.8, 4) is 0 Å². The third-order valence-corrected chi connectivity index (χ3v) is 4.84. The maximum Gasteiger partial charge on any atom is 0.262 e. The summed E-state index contributed by atoms with van der Waals surface area (Å²) in [5, 5.41) is 4.28. The summed E-state index contributed by atoms with van der Waals surface area (Å²) in [6.07, 6.45) is 0.201. The van der Waals surface area contributed by atoms with Crippen molar-refractivity contribution < 1.29 is 9.59 Å². The van der Waals surface area contributed by atoms with Gasteiger partial charge in [-0.15, -0.1) is 0 Å². The molecule has 0 saturated heterocycles. The summed E-state index contributed by atoms with van der Waals surface area (Å²) in [5.41, 5.74) is 9.47. The van der Waals surface area contributed by atoms with E-state index in [1.54, 1.807) is 28.8 Å². The number of aryl methyl sites for hydroxylation is 1. The number of aromatic nitrogens is 1. The van der Waals surface area contributed by atoms with Crippen LogP contribution < -0.4 is 11.1 Å². The number of fused-ring (bicyclic) bond motifs is 1. The first-order valence-corrected chi connectivity index (χ1v) is 9.17. The number of hydrogen-bond donors (Lipinski definition) is 2. The fourth-order valence-electron chi connectivity index (χ4n) is 3.24. The zero-order chi connectivity index (χ0) is 19.6. The number of amides is 1. The van der Waals surface area contributed by atoms with Crippen LogP contribution in [0.3, 0.4) is 0 Å². The molecule has 5 nitrogen and oxygen atoms in total. The topological polar surface area (TPSA) is 77.1 Å². The highest BCUT2D eigenvalue weighted by Gasteiger charge is 2.21. The molecule has 0 atom stereocenters. The van der Waals surface area contributed by atoms with Crippen LogP contribution in [0.1, 0.15) is 27.2 Å². The van der Waals surface area contributed by atoms with Crippen LogP contribution in [0, 0.1) is 13.8 Å². The number of carbonyl (C=O) groups excluding carboxylic acids is 2. The van der Waals surface area contributed by atoms with Gasteiger partial charge in [0.1, 0.15) is 0 Å². The highest BCUT2D eigenvalue weighted by atomic mass is 35.5. The molecular formula is C21H22ClN3O2. The number of nitrogens with one attached hydrogen (secondary N) is 1. The predicted octanol–water partition coefficient (Wildman–Crippen LogP) is 3.22. The van der Waals surface area contributed by atoms with Crippen LogP contribution >= 0.6 is 11.6 Å². The first-order valence-electron chi connectivity index (χ1n) is 8.80. The van der Waals surface area contributed by atoms with Gasteiger partial charge in [0.2, 0.25) is 5.91 Å². The fraction of sp³-hybridized carbons (Fsp3) is 0.238. The number of nitrogens with two attached hydrogens (primary N) is 1. The quantitative estimate of drug-likeness (QED) is 0.710. The molecule has 2 aromatic carbocycles. The summed E-state index contributed by atoms with van der Waals surface area (Å²) < 4.78 is 1.67. The lowest BCUT2D eigenvalue weighted by Crippen LogP contribution is -2.30. The molecule has 0 saturated carbocycles. The molecule has 0 bridgehead atoms. The van der Waals surface area contributed by atoms with Crippen molar-refractivity contribution in [3.05, 3.63) is 69.9 Å². The average Bonchev–Trinajstić information content (AvgIpc) is 2.91. The van der Waals surface area contributed by atoms with E-state index in [0.717, 1.165) is 27.7 Å². The van der Waals surface area contributed by atoms with E-state index in [0.29, 0.717) is 23.7 Å². The Labute approximate surface area is 163 Å². The highest BCUT2D eigenvalue weighted by Crippen LogP contribution is 2.28. The third kappa shape index (κ3) is 3.89. The third-order valence-electron chi connectivity index (χ3n) is 4.59. The SMILES string of the molecule is Cc1ccc2c(c1)c(CC(=O)NCCN)c(C)n2C(=O)c1ccc(Cl)cc1. The maximum absolute atomic E-state index is 13.2. The largest absolute Gasteiger partial charge is 0.355 e. The van der Waals surface area contributed by atoms with Gasteiger partial charge in [0.05, 0.1) is 11.9 Å². The van der Waals surface area contributed by atoms with Gasteiger partial charge in [0, 0.05) is 34.8 Å². The normalized spacial score (nSPS) is 11.0. The van der Waals surface area contributed by atoms with Gasteiger partial charge in [-0.2, -0.15) is 0 Å². The Morgan fingerprint density at radius 3 is 2.48 bits per heavy atom. The summed E-state index contributed by atoms with van der Waals surface area (Å²) >= 11 is 5.94. The molecular weight excluding hydrogens is 362 g/mol. The fourth-order valence-corrected chi connectivity index (χ4v) is 3.36. The highest BCUT2D eigenvalue weighted by molar-refractivity contribution is 6.30. The lowest BCUT2D eigenvalue weighted by atomic mass is 10.1. The van der Waals surface area contributed by atoms with Crippen molar-refractivity contribution >= 4 is 34.3 Å². The van der Waals surface area contributed by atoms with E-state index in [1.807, 2.05) is 32.0 Å². The number of carbonyl (C=O) groups is 2. The lowest BCUT2D eigenvalue weighted by Gasteiger charge is -2.08. The van der Waals surface area contributed by atoms with Gasteiger partial charge < -0.3 is 11.1 Å². The summed E-state index contributed by atoms with van der Waals surface area (Å²) in [7, 11) is 0. The van der Waals surface area contributed by atoms with E-state index in [1.165, 1.54) is 0 Å². The van der Waals surface area contributed by atoms with Gasteiger partial charge >= 0.3 is 0 Å². The number of halogens is 1. The van der Waals surface area contributed by atoms with Gasteiger partial charge in [-0.1, -0.05) is 23.2 Å². The van der Waals surface area contributed by atoms with Gasteiger partial charge in [0.15, 0.2) is 0 Å². The molecule has 6 heteroatoms. The smallest absolute Gasteiger partial charge is 0.262 e. The molecule has 1 heterocycles. The number of benzene rings is 2. The maximum atomic E-state index is 13.2. The molecule has 3 rings (SSSR count). The number of hydrogen-bond acceptors (Lipinski definition) is 3. The predicted molar refractivity (Wildman–Crippen MR) is 108 cm³/mol. The Morgan fingerprint density at radius 1 is 1.11 bits per heavy atom. The molecule has 0 spiro atoms. The van der Waals surface area contributed by atoms with E-state index >= 15 is 0 Å². The van der Waals surface area contributed by atoms with Crippen molar-refractivity contribution in [2.75, 3.05) is 13.1 Å². The minimum atomic E-state index is -0.147. The average molecular weight is 384 g/mol. The lowest BCUT2D eigenvalue weighted by molar-refractivity contribution is -0.120. The monoisotopic (exact) mass is 383 g/mol. The van der Waals surface area contributed by atoms with E-state index in [2.05, 4.69) is 5.32 Å². The second-order valence-corrected chi connectivity index (χ2v) is 6.98. The molecule has 3 N–H and O–H groups in total. The van der Waals surface area contributed by atoms with Crippen molar-refractivity contribution in [2.45, 2.75) is 20.3 Å². The Morgan fingerprint density at radius 2 is 1.81 bits per heavy atom.